The molecule has 1 atom stereocenters. The van der Waals surface area contributed by atoms with E-state index in [1.165, 1.54) is 4.90 Å². The van der Waals surface area contributed by atoms with Crippen LogP contribution in [-0.2, 0) is 26.2 Å². The number of amides is 2. The Morgan fingerprint density at radius 1 is 0.825 bits per heavy atom. The van der Waals surface area contributed by atoms with E-state index in [4.69, 9.17) is 0 Å². The molecule has 0 radical (unpaired) electrons. The van der Waals surface area contributed by atoms with Gasteiger partial charge in [-0.05, 0) is 96.3 Å². The normalized spacial score (nSPS) is 12.5. The summed E-state index contributed by atoms with van der Waals surface area (Å²) in [6.45, 7) is 14.7. The van der Waals surface area contributed by atoms with E-state index in [0.717, 1.165) is 32.1 Å². The van der Waals surface area contributed by atoms with Crippen LogP contribution in [0.3, 0.4) is 0 Å². The molecule has 3 aromatic rings. The molecule has 0 saturated heterocycles. The second-order valence-electron chi connectivity index (χ2n) is 11.5. The van der Waals surface area contributed by atoms with E-state index in [0.29, 0.717) is 5.69 Å². The van der Waals surface area contributed by atoms with Crippen LogP contribution >= 0.6 is 0 Å². The molecule has 8 heteroatoms. The highest BCUT2D eigenvalue weighted by Crippen LogP contribution is 2.27. The molecule has 7 nitrogen and oxygen atoms in total. The lowest BCUT2D eigenvalue weighted by Crippen LogP contribution is -2.54. The first-order valence-electron chi connectivity index (χ1n) is 13.4. The fraction of sp³-hybridized carbons (Fsp3) is 0.375. The Bertz CT molecular complexity index is 1460. The Kier molecular flexibility index (Phi) is 9.46. The third-order valence-corrected chi connectivity index (χ3v) is 8.59. The average molecular weight is 564 g/mol. The van der Waals surface area contributed by atoms with Gasteiger partial charge in [-0.2, -0.15) is 0 Å². The van der Waals surface area contributed by atoms with Gasteiger partial charge in [0.25, 0.3) is 10.0 Å². The quantitative estimate of drug-likeness (QED) is 0.375. The summed E-state index contributed by atoms with van der Waals surface area (Å²) in [5.41, 5.74) is 4.65. The van der Waals surface area contributed by atoms with Crippen LogP contribution in [0.4, 0.5) is 5.69 Å². The average Bonchev–Trinajstić information content (AvgIpc) is 2.87. The van der Waals surface area contributed by atoms with Crippen LogP contribution in [0.1, 0.15) is 55.5 Å². The second-order valence-corrected chi connectivity index (χ2v) is 13.4. The zero-order valence-electron chi connectivity index (χ0n) is 24.8. The highest BCUT2D eigenvalue weighted by atomic mass is 32.2. The van der Waals surface area contributed by atoms with Crippen LogP contribution in [0.15, 0.2) is 71.6 Å². The summed E-state index contributed by atoms with van der Waals surface area (Å²) < 4.78 is 29.1. The van der Waals surface area contributed by atoms with Gasteiger partial charge < -0.3 is 10.2 Å². The van der Waals surface area contributed by atoms with Crippen LogP contribution in [0.2, 0.25) is 0 Å². The van der Waals surface area contributed by atoms with Gasteiger partial charge in [0, 0.05) is 12.1 Å². The van der Waals surface area contributed by atoms with E-state index in [9.17, 15) is 18.0 Å². The number of hydrogen-bond donors (Lipinski definition) is 1. The maximum absolute atomic E-state index is 14.0. The van der Waals surface area contributed by atoms with Gasteiger partial charge in [0.2, 0.25) is 11.8 Å². The van der Waals surface area contributed by atoms with Crippen molar-refractivity contribution in [3.8, 4) is 0 Å². The third kappa shape index (κ3) is 7.72. The Hall–Kier alpha value is -3.65. The number of nitrogens with one attached hydrogen (secondary N) is 1. The largest absolute Gasteiger partial charge is 0.350 e. The number of anilines is 1. The maximum Gasteiger partial charge on any atom is 0.264 e. The van der Waals surface area contributed by atoms with E-state index in [2.05, 4.69) is 5.32 Å². The topological polar surface area (TPSA) is 86.8 Å². The number of carbonyl (C=O) groups is 2. The fourth-order valence-corrected chi connectivity index (χ4v) is 5.60. The molecular formula is C32H41N3O4S. The van der Waals surface area contributed by atoms with Crippen molar-refractivity contribution in [1.82, 2.24) is 10.2 Å². The van der Waals surface area contributed by atoms with Crippen molar-refractivity contribution in [2.75, 3.05) is 10.8 Å². The maximum atomic E-state index is 14.0. The zero-order chi connectivity index (χ0) is 29.8. The lowest BCUT2D eigenvalue weighted by Gasteiger charge is -2.33. The van der Waals surface area contributed by atoms with Gasteiger partial charge in [0.1, 0.15) is 12.6 Å². The SMILES string of the molecule is Cc1ccc(CN(C(=O)CN(c2ccc(C)c(C)c2)S(=O)(=O)c2ccc(C)cc2)[C@@H](C)C(=O)NC(C)(C)C)cc1. The predicted octanol–water partition coefficient (Wildman–Crippen LogP) is 5.45. The van der Waals surface area contributed by atoms with Gasteiger partial charge in [-0.1, -0.05) is 53.6 Å². The van der Waals surface area contributed by atoms with Crippen LogP contribution < -0.4 is 9.62 Å². The summed E-state index contributed by atoms with van der Waals surface area (Å²) in [4.78, 5) is 28.8. The van der Waals surface area contributed by atoms with Crippen molar-refractivity contribution in [3.05, 3.63) is 94.5 Å². The van der Waals surface area contributed by atoms with Crippen LogP contribution in [-0.4, -0.2) is 43.3 Å². The molecule has 0 aliphatic rings. The zero-order valence-corrected chi connectivity index (χ0v) is 25.6. The number of carbonyl (C=O) groups excluding carboxylic acids is 2. The van der Waals surface area contributed by atoms with Gasteiger partial charge in [0.05, 0.1) is 10.6 Å². The molecule has 0 aliphatic carbocycles. The molecule has 3 aromatic carbocycles. The summed E-state index contributed by atoms with van der Waals surface area (Å²) >= 11 is 0. The van der Waals surface area contributed by atoms with Crippen LogP contribution in [0.5, 0.6) is 0 Å². The molecule has 0 aliphatic heterocycles. The van der Waals surface area contributed by atoms with Gasteiger partial charge in [0.15, 0.2) is 0 Å². The Morgan fingerprint density at radius 3 is 1.90 bits per heavy atom. The van der Waals surface area contributed by atoms with Gasteiger partial charge in [-0.25, -0.2) is 8.42 Å². The molecule has 40 heavy (non-hydrogen) atoms. The standard InChI is InChI=1S/C32H41N3O4S/c1-22-9-14-27(15-10-22)20-34(26(5)31(37)33-32(6,7)8)30(36)21-35(28-16-13-24(3)25(4)19-28)40(38,39)29-17-11-23(2)12-18-29/h9-19,26H,20-21H2,1-8H3,(H,33,37)/t26-/m0/s1. The van der Waals surface area contributed by atoms with Crippen molar-refractivity contribution >= 4 is 27.5 Å². The molecule has 214 valence electrons. The number of sulfonamides is 1. The Balaban J connectivity index is 2.06. The fourth-order valence-electron chi connectivity index (χ4n) is 4.19. The number of nitrogens with zero attached hydrogens (tertiary/aromatic N) is 2. The highest BCUT2D eigenvalue weighted by molar-refractivity contribution is 7.92. The summed E-state index contributed by atoms with van der Waals surface area (Å²) in [5, 5.41) is 2.94. The minimum absolute atomic E-state index is 0.0905. The summed E-state index contributed by atoms with van der Waals surface area (Å²) in [6.07, 6.45) is 0. The Labute approximate surface area is 239 Å². The number of benzene rings is 3. The molecule has 0 aromatic heterocycles. The van der Waals surface area contributed by atoms with E-state index in [-0.39, 0.29) is 17.3 Å². The minimum atomic E-state index is -4.10. The molecule has 0 unspecified atom stereocenters. The lowest BCUT2D eigenvalue weighted by molar-refractivity contribution is -0.140. The highest BCUT2D eigenvalue weighted by Gasteiger charge is 2.33. The molecule has 0 heterocycles. The summed E-state index contributed by atoms with van der Waals surface area (Å²) in [5.74, 6) is -0.793. The number of rotatable bonds is 9. The number of aryl methyl sites for hydroxylation is 4. The summed E-state index contributed by atoms with van der Waals surface area (Å²) in [6, 6.07) is 18.8. The minimum Gasteiger partial charge on any atom is -0.350 e. The van der Waals surface area contributed by atoms with Gasteiger partial charge in [-0.15, -0.1) is 0 Å². The molecule has 0 bridgehead atoms. The molecule has 3 rings (SSSR count). The van der Waals surface area contributed by atoms with Gasteiger partial charge >= 0.3 is 0 Å². The van der Waals surface area contributed by atoms with E-state index >= 15 is 0 Å². The molecular weight excluding hydrogens is 522 g/mol. The smallest absolute Gasteiger partial charge is 0.264 e. The summed E-state index contributed by atoms with van der Waals surface area (Å²) in [7, 11) is -4.10. The van der Waals surface area contributed by atoms with Crippen molar-refractivity contribution in [2.24, 2.45) is 0 Å². The molecule has 1 N–H and O–H groups in total. The molecule has 2 amide bonds. The van der Waals surface area contributed by atoms with Crippen molar-refractivity contribution < 1.29 is 18.0 Å². The molecule has 0 fully saturated rings. The third-order valence-electron chi connectivity index (χ3n) is 6.81. The molecule has 0 saturated carbocycles. The lowest BCUT2D eigenvalue weighted by atomic mass is 10.1. The first-order valence-corrected chi connectivity index (χ1v) is 14.9. The molecule has 0 spiro atoms. The van der Waals surface area contributed by atoms with Gasteiger partial charge in [-0.3, -0.25) is 13.9 Å². The first-order chi connectivity index (χ1) is 18.6. The second kappa shape index (κ2) is 12.3. The Morgan fingerprint density at radius 2 is 1.38 bits per heavy atom. The van der Waals surface area contributed by atoms with Crippen molar-refractivity contribution in [2.45, 2.75) is 78.4 Å². The van der Waals surface area contributed by atoms with Crippen molar-refractivity contribution in [1.29, 1.82) is 0 Å². The number of hydrogen-bond acceptors (Lipinski definition) is 4. The van der Waals surface area contributed by atoms with E-state index in [1.54, 1.807) is 43.3 Å². The predicted molar refractivity (Wildman–Crippen MR) is 161 cm³/mol. The van der Waals surface area contributed by atoms with E-state index < -0.39 is 34.1 Å². The van der Waals surface area contributed by atoms with Crippen LogP contribution in [0, 0.1) is 27.7 Å². The van der Waals surface area contributed by atoms with Crippen LogP contribution in [0.25, 0.3) is 0 Å². The monoisotopic (exact) mass is 563 g/mol. The van der Waals surface area contributed by atoms with Crippen molar-refractivity contribution in [3.63, 3.8) is 0 Å². The first kappa shape index (κ1) is 30.9. The van der Waals surface area contributed by atoms with E-state index in [1.807, 2.05) is 78.8 Å².